The van der Waals surface area contributed by atoms with Gasteiger partial charge in [-0.2, -0.15) is 0 Å². The van der Waals surface area contributed by atoms with Crippen LogP contribution in [0.4, 0.5) is 0 Å². The smallest absolute Gasteiger partial charge is 0.321 e. The van der Waals surface area contributed by atoms with Gasteiger partial charge in [0.2, 0.25) is 10.0 Å². The minimum Gasteiger partial charge on any atom is -0.480 e. The second-order valence-electron chi connectivity index (χ2n) is 3.16. The highest BCUT2D eigenvalue weighted by atomic mass is 32.2. The van der Waals surface area contributed by atoms with Crippen molar-refractivity contribution >= 4 is 16.0 Å². The topological polar surface area (TPSA) is 83.5 Å². The summed E-state index contributed by atoms with van der Waals surface area (Å²) >= 11 is 0. The maximum Gasteiger partial charge on any atom is 0.321 e. The van der Waals surface area contributed by atoms with Gasteiger partial charge in [-0.15, -0.1) is 0 Å². The number of hydrogen-bond acceptors (Lipinski definition) is 3. The molecule has 0 aromatic heterocycles. The SMILES string of the molecule is CCC(NS(=O)(=O)C1CC1)C(=O)O. The van der Waals surface area contributed by atoms with Crippen LogP contribution in [0.15, 0.2) is 0 Å². The number of carboxylic acids is 1. The molecule has 0 bridgehead atoms. The summed E-state index contributed by atoms with van der Waals surface area (Å²) in [6.45, 7) is 1.63. The van der Waals surface area contributed by atoms with Crippen LogP contribution in [0.3, 0.4) is 0 Å². The highest BCUT2D eigenvalue weighted by Gasteiger charge is 2.37. The van der Waals surface area contributed by atoms with Gasteiger partial charge in [0.25, 0.3) is 0 Å². The van der Waals surface area contributed by atoms with E-state index in [0.717, 1.165) is 0 Å². The van der Waals surface area contributed by atoms with Crippen LogP contribution in [0.1, 0.15) is 26.2 Å². The Balaban J connectivity index is 2.59. The fourth-order valence-electron chi connectivity index (χ4n) is 0.981. The lowest BCUT2D eigenvalue weighted by molar-refractivity contribution is -0.139. The Hall–Kier alpha value is -0.620. The van der Waals surface area contributed by atoms with Crippen molar-refractivity contribution in [2.75, 3.05) is 0 Å². The van der Waals surface area contributed by atoms with Gasteiger partial charge in [0.05, 0.1) is 5.25 Å². The lowest BCUT2D eigenvalue weighted by atomic mass is 10.2. The highest BCUT2D eigenvalue weighted by Crippen LogP contribution is 2.27. The van der Waals surface area contributed by atoms with Gasteiger partial charge in [0.1, 0.15) is 6.04 Å². The molecule has 0 spiro atoms. The predicted molar refractivity (Wildman–Crippen MR) is 46.8 cm³/mol. The van der Waals surface area contributed by atoms with Crippen LogP contribution in [-0.2, 0) is 14.8 Å². The Kier molecular flexibility index (Phi) is 2.92. The van der Waals surface area contributed by atoms with Crippen molar-refractivity contribution in [2.45, 2.75) is 37.5 Å². The van der Waals surface area contributed by atoms with Crippen LogP contribution in [-0.4, -0.2) is 30.8 Å². The molecule has 1 fully saturated rings. The average Bonchev–Trinajstić information content (AvgIpc) is 2.81. The molecule has 0 aromatic rings. The van der Waals surface area contributed by atoms with Crippen molar-refractivity contribution in [1.29, 1.82) is 0 Å². The van der Waals surface area contributed by atoms with Gasteiger partial charge in [-0.25, -0.2) is 13.1 Å². The minimum absolute atomic E-state index is 0.265. The lowest BCUT2D eigenvalue weighted by Crippen LogP contribution is -2.41. The maximum atomic E-state index is 11.3. The summed E-state index contributed by atoms with van der Waals surface area (Å²) in [5.41, 5.74) is 0. The Bertz CT molecular complexity index is 294. The summed E-state index contributed by atoms with van der Waals surface area (Å²) in [5.74, 6) is -1.12. The van der Waals surface area contributed by atoms with E-state index in [-0.39, 0.29) is 11.7 Å². The monoisotopic (exact) mass is 207 g/mol. The molecule has 1 rings (SSSR count). The van der Waals surface area contributed by atoms with Crippen molar-refractivity contribution in [3.8, 4) is 0 Å². The van der Waals surface area contributed by atoms with E-state index in [4.69, 9.17) is 5.11 Å². The summed E-state index contributed by atoms with van der Waals surface area (Å²) < 4.78 is 24.8. The number of sulfonamides is 1. The van der Waals surface area contributed by atoms with Crippen LogP contribution in [0, 0.1) is 0 Å². The molecule has 0 saturated heterocycles. The van der Waals surface area contributed by atoms with Gasteiger partial charge >= 0.3 is 5.97 Å². The van der Waals surface area contributed by atoms with Gasteiger partial charge in [-0.3, -0.25) is 4.79 Å². The van der Waals surface area contributed by atoms with Crippen LogP contribution in [0.2, 0.25) is 0 Å². The number of hydrogen-bond donors (Lipinski definition) is 2. The third kappa shape index (κ3) is 2.67. The van der Waals surface area contributed by atoms with Crippen LogP contribution in [0.25, 0.3) is 0 Å². The molecule has 5 nitrogen and oxygen atoms in total. The van der Waals surface area contributed by atoms with Gasteiger partial charge in [-0.1, -0.05) is 6.92 Å². The van der Waals surface area contributed by atoms with Crippen molar-refractivity contribution < 1.29 is 18.3 Å². The Morgan fingerprint density at radius 2 is 2.15 bits per heavy atom. The Labute approximate surface area is 77.2 Å². The van der Waals surface area contributed by atoms with Crippen molar-refractivity contribution in [3.05, 3.63) is 0 Å². The molecule has 1 aliphatic rings. The molecule has 0 radical (unpaired) electrons. The fourth-order valence-corrected chi connectivity index (χ4v) is 2.59. The van der Waals surface area contributed by atoms with Crippen molar-refractivity contribution in [1.82, 2.24) is 4.72 Å². The zero-order valence-corrected chi connectivity index (χ0v) is 8.17. The molecule has 1 atom stereocenters. The molecule has 6 heteroatoms. The standard InChI is InChI=1S/C7H13NO4S/c1-2-6(7(9)10)8-13(11,12)5-3-4-5/h5-6,8H,2-4H2,1H3,(H,9,10). The highest BCUT2D eigenvalue weighted by molar-refractivity contribution is 7.90. The van der Waals surface area contributed by atoms with Gasteiger partial charge < -0.3 is 5.11 Å². The third-order valence-electron chi connectivity index (χ3n) is 1.98. The predicted octanol–water partition coefficient (Wildman–Crippen LogP) is -0.0686. The summed E-state index contributed by atoms with van der Waals surface area (Å²) in [7, 11) is -3.37. The van der Waals surface area contributed by atoms with E-state index in [0.29, 0.717) is 12.8 Å². The van der Waals surface area contributed by atoms with Gasteiger partial charge in [0, 0.05) is 0 Å². The van der Waals surface area contributed by atoms with E-state index in [9.17, 15) is 13.2 Å². The van der Waals surface area contributed by atoms with E-state index >= 15 is 0 Å². The largest absolute Gasteiger partial charge is 0.480 e. The van der Waals surface area contributed by atoms with Crippen LogP contribution in [0.5, 0.6) is 0 Å². The maximum absolute atomic E-state index is 11.3. The summed E-state index contributed by atoms with van der Waals surface area (Å²) in [4.78, 5) is 10.5. The van der Waals surface area contributed by atoms with Gasteiger partial charge in [-0.05, 0) is 19.3 Å². The first-order chi connectivity index (χ1) is 5.97. The molecule has 1 unspecified atom stereocenters. The summed E-state index contributed by atoms with van der Waals surface area (Å²) in [6, 6.07) is -0.981. The second-order valence-corrected chi connectivity index (χ2v) is 5.15. The van der Waals surface area contributed by atoms with Crippen molar-refractivity contribution in [3.63, 3.8) is 0 Å². The van der Waals surface area contributed by atoms with Gasteiger partial charge in [0.15, 0.2) is 0 Å². The number of rotatable bonds is 5. The number of aliphatic carboxylic acids is 1. The first-order valence-electron chi connectivity index (χ1n) is 4.21. The van der Waals surface area contributed by atoms with Crippen LogP contribution >= 0.6 is 0 Å². The third-order valence-corrected chi connectivity index (χ3v) is 3.94. The Morgan fingerprint density at radius 3 is 2.46 bits per heavy atom. The molecule has 0 aromatic carbocycles. The molecule has 1 saturated carbocycles. The normalized spacial score (nSPS) is 19.8. The molecule has 0 heterocycles. The van der Waals surface area contributed by atoms with E-state index < -0.39 is 22.0 Å². The quantitative estimate of drug-likeness (QED) is 0.661. The molecular formula is C7H13NO4S. The lowest BCUT2D eigenvalue weighted by Gasteiger charge is -2.11. The molecule has 0 amide bonds. The van der Waals surface area contributed by atoms with E-state index in [1.54, 1.807) is 6.92 Å². The Morgan fingerprint density at radius 1 is 1.62 bits per heavy atom. The molecule has 0 aliphatic heterocycles. The summed E-state index contributed by atoms with van der Waals surface area (Å²) in [5, 5.41) is 8.25. The minimum atomic E-state index is -3.37. The molecule has 76 valence electrons. The van der Waals surface area contributed by atoms with E-state index in [2.05, 4.69) is 4.72 Å². The molecule has 1 aliphatic carbocycles. The first-order valence-corrected chi connectivity index (χ1v) is 5.76. The molecular weight excluding hydrogens is 194 g/mol. The number of carbonyl (C=O) groups is 1. The van der Waals surface area contributed by atoms with Crippen LogP contribution < -0.4 is 4.72 Å². The average molecular weight is 207 g/mol. The van der Waals surface area contributed by atoms with E-state index in [1.807, 2.05) is 0 Å². The molecule has 13 heavy (non-hydrogen) atoms. The van der Waals surface area contributed by atoms with E-state index in [1.165, 1.54) is 0 Å². The zero-order chi connectivity index (χ0) is 10.1. The number of carboxylic acid groups (broad SMARTS) is 1. The van der Waals surface area contributed by atoms with Crippen molar-refractivity contribution in [2.24, 2.45) is 0 Å². The first kappa shape index (κ1) is 10.5. The summed E-state index contributed by atoms with van der Waals surface area (Å²) in [6.07, 6.45) is 1.55. The fraction of sp³-hybridized carbons (Fsp3) is 0.857. The second kappa shape index (κ2) is 3.63. The number of nitrogens with one attached hydrogen (secondary N) is 1. The zero-order valence-electron chi connectivity index (χ0n) is 7.36. The molecule has 2 N–H and O–H groups in total.